The minimum Gasteiger partial charge on any atom is -0.339 e. The summed E-state index contributed by atoms with van der Waals surface area (Å²) in [5.41, 5.74) is 1.02. The molecular weight excluding hydrogens is 474 g/mol. The molecule has 1 fully saturated rings. The summed E-state index contributed by atoms with van der Waals surface area (Å²) in [7, 11) is -3.56. The average Bonchev–Trinajstić information content (AvgIpc) is 2.84. The molecular formula is C25H32ClN3O4S. The van der Waals surface area contributed by atoms with Gasteiger partial charge in [-0.1, -0.05) is 37.6 Å². The van der Waals surface area contributed by atoms with Crippen molar-refractivity contribution < 1.29 is 18.0 Å². The zero-order valence-corrected chi connectivity index (χ0v) is 21.2. The smallest absolute Gasteiger partial charge is 0.255 e. The zero-order valence-electron chi connectivity index (χ0n) is 19.7. The number of carbonyl (C=O) groups is 2. The molecule has 0 atom stereocenters. The molecule has 1 aliphatic heterocycles. The minimum atomic E-state index is -3.56. The summed E-state index contributed by atoms with van der Waals surface area (Å²) in [4.78, 5) is 27.4. The Morgan fingerprint density at radius 2 is 1.59 bits per heavy atom. The van der Waals surface area contributed by atoms with Gasteiger partial charge in [0.1, 0.15) is 0 Å². The highest BCUT2D eigenvalue weighted by molar-refractivity contribution is 7.89. The molecule has 2 amide bonds. The number of likely N-dealkylation sites (tertiary alicyclic amines) is 1. The summed E-state index contributed by atoms with van der Waals surface area (Å²) < 4.78 is 27.3. The Bertz CT molecular complexity index is 1090. The summed E-state index contributed by atoms with van der Waals surface area (Å²) in [6.07, 6.45) is 2.60. The van der Waals surface area contributed by atoms with Crippen molar-refractivity contribution in [2.24, 2.45) is 5.92 Å². The molecule has 2 aromatic carbocycles. The average molecular weight is 506 g/mol. The van der Waals surface area contributed by atoms with E-state index in [1.54, 1.807) is 41.3 Å². The van der Waals surface area contributed by atoms with Crippen LogP contribution in [-0.4, -0.2) is 55.6 Å². The first-order valence-electron chi connectivity index (χ1n) is 11.7. The Morgan fingerprint density at radius 1 is 1.00 bits per heavy atom. The van der Waals surface area contributed by atoms with Gasteiger partial charge < -0.3 is 10.2 Å². The maximum atomic E-state index is 12.9. The molecule has 1 aliphatic rings. The number of hydrogen-bond acceptors (Lipinski definition) is 4. The number of nitrogens with one attached hydrogen (secondary N) is 1. The van der Waals surface area contributed by atoms with Gasteiger partial charge in [0.05, 0.1) is 15.5 Å². The largest absolute Gasteiger partial charge is 0.339 e. The van der Waals surface area contributed by atoms with E-state index >= 15 is 0 Å². The number of piperidine rings is 1. The lowest BCUT2D eigenvalue weighted by Gasteiger charge is -2.31. The molecule has 3 rings (SSSR count). The molecule has 1 saturated heterocycles. The number of anilines is 1. The quantitative estimate of drug-likeness (QED) is 0.537. The summed E-state index contributed by atoms with van der Waals surface area (Å²) in [5, 5.41) is 3.30. The Labute approximate surface area is 207 Å². The Kier molecular flexibility index (Phi) is 9.10. The molecule has 0 aromatic heterocycles. The molecule has 0 bridgehead atoms. The number of nitrogens with zero attached hydrogens (tertiary/aromatic N) is 2. The van der Waals surface area contributed by atoms with Crippen LogP contribution in [0.5, 0.6) is 0 Å². The topological polar surface area (TPSA) is 86.8 Å². The van der Waals surface area contributed by atoms with Crippen molar-refractivity contribution in [3.8, 4) is 0 Å². The van der Waals surface area contributed by atoms with E-state index in [0.717, 1.165) is 12.8 Å². The molecule has 0 radical (unpaired) electrons. The normalized spacial score (nSPS) is 14.9. The molecule has 0 unspecified atom stereocenters. The van der Waals surface area contributed by atoms with Gasteiger partial charge in [0.25, 0.3) is 5.91 Å². The predicted octanol–water partition coefficient (Wildman–Crippen LogP) is 4.64. The lowest BCUT2D eigenvalue weighted by Crippen LogP contribution is -2.41. The number of sulfonamides is 1. The van der Waals surface area contributed by atoms with Gasteiger partial charge in [-0.2, -0.15) is 4.31 Å². The molecule has 34 heavy (non-hydrogen) atoms. The SMILES string of the molecule is CCCN(CCC)S(=O)(=O)c1ccc(NC(=O)C2CCN(C(=O)c3ccccc3Cl)CC2)cc1. The van der Waals surface area contributed by atoms with E-state index < -0.39 is 10.0 Å². The van der Waals surface area contributed by atoms with Gasteiger partial charge in [-0.05, 0) is 62.1 Å². The summed E-state index contributed by atoms with van der Waals surface area (Å²) in [6.45, 7) is 5.81. The van der Waals surface area contributed by atoms with E-state index in [9.17, 15) is 18.0 Å². The molecule has 9 heteroatoms. The van der Waals surface area contributed by atoms with Gasteiger partial charge in [0, 0.05) is 37.8 Å². The van der Waals surface area contributed by atoms with Crippen LogP contribution in [0.15, 0.2) is 53.4 Å². The van der Waals surface area contributed by atoms with Crippen molar-refractivity contribution >= 4 is 39.1 Å². The molecule has 0 spiro atoms. The molecule has 0 saturated carbocycles. The summed E-state index contributed by atoms with van der Waals surface area (Å²) in [6, 6.07) is 13.3. The lowest BCUT2D eigenvalue weighted by molar-refractivity contribution is -0.121. The summed E-state index contributed by atoms with van der Waals surface area (Å²) in [5.74, 6) is -0.469. The van der Waals surface area contributed by atoms with Crippen LogP contribution in [-0.2, 0) is 14.8 Å². The van der Waals surface area contributed by atoms with Crippen LogP contribution in [0.4, 0.5) is 5.69 Å². The van der Waals surface area contributed by atoms with Crippen LogP contribution in [0.2, 0.25) is 5.02 Å². The van der Waals surface area contributed by atoms with Crippen molar-refractivity contribution in [3.63, 3.8) is 0 Å². The first-order valence-corrected chi connectivity index (χ1v) is 13.5. The highest BCUT2D eigenvalue weighted by Gasteiger charge is 2.29. The van der Waals surface area contributed by atoms with E-state index in [2.05, 4.69) is 5.32 Å². The van der Waals surface area contributed by atoms with Gasteiger partial charge in [0.15, 0.2) is 0 Å². The molecule has 0 aliphatic carbocycles. The Morgan fingerprint density at radius 3 is 2.15 bits per heavy atom. The van der Waals surface area contributed by atoms with Crippen molar-refractivity contribution in [2.45, 2.75) is 44.4 Å². The van der Waals surface area contributed by atoms with E-state index in [1.165, 1.54) is 16.4 Å². The second kappa shape index (κ2) is 11.8. The number of carbonyl (C=O) groups excluding carboxylic acids is 2. The van der Waals surface area contributed by atoms with Crippen molar-refractivity contribution in [1.82, 2.24) is 9.21 Å². The standard InChI is InChI=1S/C25H32ClN3O4S/c1-3-15-29(16-4-2)34(32,33)21-11-9-20(10-12-21)27-24(30)19-13-17-28(18-14-19)25(31)22-7-5-6-8-23(22)26/h5-12,19H,3-4,13-18H2,1-2H3,(H,27,30). The van der Waals surface area contributed by atoms with Crippen LogP contribution in [0.1, 0.15) is 49.9 Å². The molecule has 2 aromatic rings. The van der Waals surface area contributed by atoms with Gasteiger partial charge >= 0.3 is 0 Å². The summed E-state index contributed by atoms with van der Waals surface area (Å²) >= 11 is 6.14. The van der Waals surface area contributed by atoms with Gasteiger partial charge in [-0.15, -0.1) is 0 Å². The molecule has 1 heterocycles. The number of benzene rings is 2. The molecule has 1 N–H and O–H groups in total. The maximum Gasteiger partial charge on any atom is 0.255 e. The van der Waals surface area contributed by atoms with Crippen LogP contribution in [0.25, 0.3) is 0 Å². The first-order chi connectivity index (χ1) is 16.3. The number of amides is 2. The van der Waals surface area contributed by atoms with E-state index in [1.807, 2.05) is 13.8 Å². The second-order valence-electron chi connectivity index (χ2n) is 8.46. The van der Waals surface area contributed by atoms with Crippen molar-refractivity contribution in [3.05, 3.63) is 59.1 Å². The third kappa shape index (κ3) is 6.17. The molecule has 184 valence electrons. The van der Waals surface area contributed by atoms with Gasteiger partial charge in [-0.3, -0.25) is 9.59 Å². The third-order valence-corrected chi connectivity index (χ3v) is 8.21. The van der Waals surface area contributed by atoms with Gasteiger partial charge in [0.2, 0.25) is 15.9 Å². The monoisotopic (exact) mass is 505 g/mol. The van der Waals surface area contributed by atoms with Crippen LogP contribution in [0, 0.1) is 5.92 Å². The van der Waals surface area contributed by atoms with Crippen LogP contribution >= 0.6 is 11.6 Å². The Hall–Kier alpha value is -2.42. The highest BCUT2D eigenvalue weighted by Crippen LogP contribution is 2.24. The number of rotatable bonds is 9. The van der Waals surface area contributed by atoms with Crippen LogP contribution < -0.4 is 5.32 Å². The van der Waals surface area contributed by atoms with E-state index in [-0.39, 0.29) is 22.6 Å². The zero-order chi connectivity index (χ0) is 24.7. The minimum absolute atomic E-state index is 0.124. The lowest BCUT2D eigenvalue weighted by atomic mass is 9.95. The van der Waals surface area contributed by atoms with E-state index in [4.69, 9.17) is 11.6 Å². The third-order valence-electron chi connectivity index (χ3n) is 5.96. The Balaban J connectivity index is 1.57. The highest BCUT2D eigenvalue weighted by atomic mass is 35.5. The number of hydrogen-bond donors (Lipinski definition) is 1. The first kappa shape index (κ1) is 26.2. The van der Waals surface area contributed by atoms with Crippen molar-refractivity contribution in [1.29, 1.82) is 0 Å². The maximum absolute atomic E-state index is 12.9. The van der Waals surface area contributed by atoms with Crippen molar-refractivity contribution in [2.75, 3.05) is 31.5 Å². The predicted molar refractivity (Wildman–Crippen MR) is 134 cm³/mol. The fraction of sp³-hybridized carbons (Fsp3) is 0.440. The van der Waals surface area contributed by atoms with Crippen LogP contribution in [0.3, 0.4) is 0 Å². The number of halogens is 1. The molecule has 7 nitrogen and oxygen atoms in total. The fourth-order valence-corrected chi connectivity index (χ4v) is 5.94. The fourth-order valence-electron chi connectivity index (χ4n) is 4.10. The second-order valence-corrected chi connectivity index (χ2v) is 10.8. The van der Waals surface area contributed by atoms with Gasteiger partial charge in [-0.25, -0.2) is 8.42 Å². The van der Waals surface area contributed by atoms with E-state index in [0.29, 0.717) is 55.3 Å².